The van der Waals surface area contributed by atoms with Crippen molar-refractivity contribution in [2.75, 3.05) is 26.3 Å². The molecular weight excluding hydrogens is 200 g/mol. The molecule has 2 rings (SSSR count). The fraction of sp³-hybridized carbons (Fsp3) is 1.00. The second-order valence-corrected chi connectivity index (χ2v) is 5.78. The van der Waals surface area contributed by atoms with E-state index in [4.69, 9.17) is 10.5 Å². The minimum absolute atomic E-state index is 0.342. The Morgan fingerprint density at radius 3 is 2.56 bits per heavy atom. The molecule has 94 valence electrons. The van der Waals surface area contributed by atoms with Crippen LogP contribution in [0.5, 0.6) is 0 Å². The first kappa shape index (κ1) is 12.3. The molecule has 1 saturated carbocycles. The van der Waals surface area contributed by atoms with Gasteiger partial charge in [0.2, 0.25) is 0 Å². The third-order valence-corrected chi connectivity index (χ3v) is 3.92. The van der Waals surface area contributed by atoms with E-state index in [1.165, 1.54) is 19.4 Å². The summed E-state index contributed by atoms with van der Waals surface area (Å²) in [7, 11) is 0. The minimum atomic E-state index is 0.342. The lowest BCUT2D eigenvalue weighted by molar-refractivity contribution is 0.0206. The molecule has 16 heavy (non-hydrogen) atoms. The number of hydrogen-bond donors (Lipinski definition) is 1. The molecule has 2 unspecified atom stereocenters. The van der Waals surface area contributed by atoms with Gasteiger partial charge in [-0.2, -0.15) is 0 Å². The Morgan fingerprint density at radius 1 is 1.25 bits per heavy atom. The smallest absolute Gasteiger partial charge is 0.0521 e. The number of nitrogens with two attached hydrogens (primary N) is 1. The van der Waals surface area contributed by atoms with Crippen LogP contribution < -0.4 is 5.73 Å². The third kappa shape index (κ3) is 3.44. The fourth-order valence-electron chi connectivity index (χ4n) is 2.43. The summed E-state index contributed by atoms with van der Waals surface area (Å²) in [5.74, 6) is 1.50. The van der Waals surface area contributed by atoms with Gasteiger partial charge in [-0.3, -0.25) is 0 Å². The summed E-state index contributed by atoms with van der Waals surface area (Å²) in [6, 6.07) is 0.976. The lowest BCUT2D eigenvalue weighted by atomic mass is 9.95. The zero-order valence-electron chi connectivity index (χ0n) is 10.7. The van der Waals surface area contributed by atoms with E-state index < -0.39 is 0 Å². The van der Waals surface area contributed by atoms with Crippen LogP contribution in [0.1, 0.15) is 33.1 Å². The highest BCUT2D eigenvalue weighted by Crippen LogP contribution is 2.30. The average molecular weight is 226 g/mol. The Balaban J connectivity index is 1.82. The molecule has 0 radical (unpaired) electrons. The second-order valence-electron chi connectivity index (χ2n) is 5.78. The fourth-order valence-corrected chi connectivity index (χ4v) is 2.43. The minimum Gasteiger partial charge on any atom is -0.381 e. The maximum absolute atomic E-state index is 6.17. The monoisotopic (exact) mass is 226 g/mol. The summed E-state index contributed by atoms with van der Waals surface area (Å²) in [5, 5.41) is 0. The van der Waals surface area contributed by atoms with E-state index in [9.17, 15) is 0 Å². The molecule has 0 aromatic carbocycles. The third-order valence-electron chi connectivity index (χ3n) is 3.92. The van der Waals surface area contributed by atoms with Gasteiger partial charge in [0.25, 0.3) is 0 Å². The predicted molar refractivity (Wildman–Crippen MR) is 66.3 cm³/mol. The van der Waals surface area contributed by atoms with Gasteiger partial charge in [-0.05, 0) is 39.0 Å². The van der Waals surface area contributed by atoms with E-state index in [0.717, 1.165) is 32.1 Å². The quantitative estimate of drug-likeness (QED) is 0.771. The summed E-state index contributed by atoms with van der Waals surface area (Å²) in [6.07, 6.45) is 3.88. The topological polar surface area (TPSA) is 38.5 Å². The van der Waals surface area contributed by atoms with Crippen molar-refractivity contribution in [3.8, 4) is 0 Å². The van der Waals surface area contributed by atoms with Gasteiger partial charge in [-0.1, -0.05) is 0 Å². The van der Waals surface area contributed by atoms with E-state index in [1.807, 2.05) is 0 Å². The molecule has 1 aliphatic carbocycles. The van der Waals surface area contributed by atoms with Crippen LogP contribution in [0.15, 0.2) is 0 Å². The van der Waals surface area contributed by atoms with E-state index in [0.29, 0.717) is 18.0 Å². The van der Waals surface area contributed by atoms with Crippen LogP contribution in [0.3, 0.4) is 0 Å². The number of hydrogen-bond acceptors (Lipinski definition) is 3. The van der Waals surface area contributed by atoms with Crippen molar-refractivity contribution < 1.29 is 4.74 Å². The first-order valence-corrected chi connectivity index (χ1v) is 6.74. The Labute approximate surface area is 99.3 Å². The molecule has 0 spiro atoms. The zero-order chi connectivity index (χ0) is 11.5. The summed E-state index contributed by atoms with van der Waals surface area (Å²) in [4.78, 5) is 2.59. The number of rotatable bonds is 5. The molecule has 0 aromatic rings. The van der Waals surface area contributed by atoms with Crippen molar-refractivity contribution in [3.05, 3.63) is 0 Å². The second kappa shape index (κ2) is 5.48. The molecule has 2 fully saturated rings. The first-order chi connectivity index (χ1) is 7.66. The van der Waals surface area contributed by atoms with Crippen molar-refractivity contribution >= 4 is 0 Å². The van der Waals surface area contributed by atoms with Gasteiger partial charge in [0.1, 0.15) is 0 Å². The van der Waals surface area contributed by atoms with Crippen molar-refractivity contribution in [1.82, 2.24) is 4.90 Å². The molecule has 3 heteroatoms. The van der Waals surface area contributed by atoms with E-state index in [1.54, 1.807) is 0 Å². The summed E-state index contributed by atoms with van der Waals surface area (Å²) in [5.41, 5.74) is 6.17. The van der Waals surface area contributed by atoms with Crippen molar-refractivity contribution in [3.63, 3.8) is 0 Å². The van der Waals surface area contributed by atoms with Crippen LogP contribution in [0.2, 0.25) is 0 Å². The largest absolute Gasteiger partial charge is 0.381 e. The molecule has 2 atom stereocenters. The van der Waals surface area contributed by atoms with Crippen molar-refractivity contribution in [1.29, 1.82) is 0 Å². The highest BCUT2D eigenvalue weighted by atomic mass is 16.5. The lowest BCUT2D eigenvalue weighted by Gasteiger charge is -2.35. The molecule has 1 heterocycles. The zero-order valence-corrected chi connectivity index (χ0v) is 10.7. The Kier molecular flexibility index (Phi) is 4.22. The Morgan fingerprint density at radius 2 is 2.00 bits per heavy atom. The normalized spacial score (nSPS) is 31.3. The molecule has 2 aliphatic rings. The van der Waals surface area contributed by atoms with Gasteiger partial charge >= 0.3 is 0 Å². The van der Waals surface area contributed by atoms with Gasteiger partial charge < -0.3 is 15.4 Å². The van der Waals surface area contributed by atoms with E-state index in [-0.39, 0.29) is 0 Å². The molecular formula is C13H26N2O. The Bertz CT molecular complexity index is 216. The highest BCUT2D eigenvalue weighted by Gasteiger charge is 2.29. The predicted octanol–water partition coefficient (Wildman–Crippen LogP) is 1.47. The number of nitrogens with zero attached hydrogens (tertiary/aromatic N) is 1. The van der Waals surface area contributed by atoms with Gasteiger partial charge in [-0.15, -0.1) is 0 Å². The van der Waals surface area contributed by atoms with Crippen molar-refractivity contribution in [2.45, 2.75) is 45.2 Å². The molecule has 1 saturated heterocycles. The van der Waals surface area contributed by atoms with Crippen LogP contribution in [-0.2, 0) is 4.74 Å². The van der Waals surface area contributed by atoms with Crippen LogP contribution >= 0.6 is 0 Å². The highest BCUT2D eigenvalue weighted by molar-refractivity contribution is 4.84. The molecule has 3 nitrogen and oxygen atoms in total. The van der Waals surface area contributed by atoms with Crippen LogP contribution in [0, 0.1) is 11.8 Å². The van der Waals surface area contributed by atoms with Gasteiger partial charge in [0, 0.05) is 37.7 Å². The summed E-state index contributed by atoms with van der Waals surface area (Å²) >= 11 is 0. The number of ether oxygens (including phenoxy) is 1. The molecule has 0 bridgehead atoms. The maximum atomic E-state index is 6.17. The molecule has 0 aromatic heterocycles. The first-order valence-electron chi connectivity index (χ1n) is 6.74. The summed E-state index contributed by atoms with van der Waals surface area (Å²) in [6.45, 7) is 8.67. The molecule has 1 aliphatic heterocycles. The van der Waals surface area contributed by atoms with Gasteiger partial charge in [0.15, 0.2) is 0 Å². The van der Waals surface area contributed by atoms with Gasteiger partial charge in [-0.25, -0.2) is 0 Å². The summed E-state index contributed by atoms with van der Waals surface area (Å²) < 4.78 is 5.55. The SMILES string of the molecule is CC(C)N(CC1CC1)CC1COCCC1N. The van der Waals surface area contributed by atoms with Gasteiger partial charge in [0.05, 0.1) is 6.61 Å². The molecule has 0 amide bonds. The van der Waals surface area contributed by atoms with Crippen LogP contribution in [-0.4, -0.2) is 43.3 Å². The van der Waals surface area contributed by atoms with E-state index in [2.05, 4.69) is 18.7 Å². The Hall–Kier alpha value is -0.120. The average Bonchev–Trinajstić information content (AvgIpc) is 3.04. The molecule has 2 N–H and O–H groups in total. The van der Waals surface area contributed by atoms with Crippen LogP contribution in [0.4, 0.5) is 0 Å². The van der Waals surface area contributed by atoms with E-state index >= 15 is 0 Å². The maximum Gasteiger partial charge on any atom is 0.0521 e. The lowest BCUT2D eigenvalue weighted by Crippen LogP contribution is -2.47. The van der Waals surface area contributed by atoms with Crippen molar-refractivity contribution in [2.24, 2.45) is 17.6 Å². The standard InChI is InChI=1S/C13H26N2O/c1-10(2)15(7-11-3-4-11)8-12-9-16-6-5-13(12)14/h10-13H,3-9,14H2,1-2H3. The van der Waals surface area contributed by atoms with Crippen LogP contribution in [0.25, 0.3) is 0 Å².